The van der Waals surface area contributed by atoms with Crippen molar-refractivity contribution in [2.24, 2.45) is 0 Å². The molecule has 2 nitrogen and oxygen atoms in total. The van der Waals surface area contributed by atoms with Crippen LogP contribution in [0.15, 0.2) is 0 Å². The largest absolute Gasteiger partial charge is 1.00 e. The number of hydrogen-bond donors (Lipinski definition) is 0. The molecule has 0 aliphatic heterocycles. The molecule has 0 fully saturated rings. The topological polar surface area (TPSA) is 12.5 Å². The summed E-state index contributed by atoms with van der Waals surface area (Å²) in [5.41, 5.74) is 0. The fourth-order valence-electron chi connectivity index (χ4n) is 0.385. The molecule has 0 atom stereocenters. The SMILES string of the molecule is CC(C)O[CH-]CN(C)C.[Rb+]. The molecule has 0 radical (unpaired) electrons. The second-order valence-corrected chi connectivity index (χ2v) is 2.61. The average Bonchev–Trinajstić information content (AvgIpc) is 1.63. The Kier molecular flexibility index (Phi) is 12.6. The summed E-state index contributed by atoms with van der Waals surface area (Å²) in [7, 11) is 4.03. The molecule has 0 bridgehead atoms. The van der Waals surface area contributed by atoms with Gasteiger partial charge in [0.2, 0.25) is 0 Å². The molecule has 0 unspecified atom stereocenters. The molecule has 0 aromatic carbocycles. The molecular weight excluding hydrogens is 200 g/mol. The van der Waals surface area contributed by atoms with Gasteiger partial charge in [-0.05, 0) is 27.9 Å². The zero-order valence-corrected chi connectivity index (χ0v) is 12.6. The van der Waals surface area contributed by atoms with E-state index in [9.17, 15) is 0 Å². The average molecular weight is 216 g/mol. The summed E-state index contributed by atoms with van der Waals surface area (Å²) in [4.78, 5) is 2.06. The van der Waals surface area contributed by atoms with Crippen LogP contribution < -0.4 is 58.2 Å². The van der Waals surface area contributed by atoms with E-state index in [1.54, 1.807) is 0 Å². The molecule has 0 amide bonds. The molecule has 0 aliphatic carbocycles. The monoisotopic (exact) mass is 215 g/mol. The number of hydrogen-bond acceptors (Lipinski definition) is 2. The first kappa shape index (κ1) is 14.3. The molecule has 0 spiro atoms. The van der Waals surface area contributed by atoms with Gasteiger partial charge in [-0.25, -0.2) is 0 Å². The standard InChI is InChI=1S/C7H16NO.Rb/c1-7(2)9-6-5-8(3)4;/h6-7H,5H2,1-4H3;/q-1;+1. The Bertz CT molecular complexity index is 58.6. The molecule has 0 saturated carbocycles. The van der Waals surface area contributed by atoms with Crippen LogP contribution in [0.4, 0.5) is 0 Å². The van der Waals surface area contributed by atoms with Crippen molar-refractivity contribution >= 4 is 0 Å². The Balaban J connectivity index is 0. The van der Waals surface area contributed by atoms with Crippen LogP contribution in [0.3, 0.4) is 0 Å². The molecule has 56 valence electrons. The number of ether oxygens (including phenoxy) is 1. The van der Waals surface area contributed by atoms with E-state index in [0.29, 0.717) is 6.10 Å². The van der Waals surface area contributed by atoms with Crippen molar-refractivity contribution in [1.29, 1.82) is 0 Å². The van der Waals surface area contributed by atoms with Gasteiger partial charge in [0.15, 0.2) is 0 Å². The van der Waals surface area contributed by atoms with E-state index in [4.69, 9.17) is 4.74 Å². The van der Waals surface area contributed by atoms with E-state index in [0.717, 1.165) is 6.54 Å². The third-order valence-corrected chi connectivity index (χ3v) is 0.808. The van der Waals surface area contributed by atoms with E-state index >= 15 is 0 Å². The first-order chi connectivity index (χ1) is 4.13. The number of nitrogens with zero attached hydrogens (tertiary/aromatic N) is 1. The summed E-state index contributed by atoms with van der Waals surface area (Å²) >= 11 is 0. The molecule has 10 heavy (non-hydrogen) atoms. The van der Waals surface area contributed by atoms with Crippen LogP contribution in [0.5, 0.6) is 0 Å². The molecule has 0 aliphatic rings. The minimum Gasteiger partial charge on any atom is -0.549 e. The third kappa shape index (κ3) is 12.4. The maximum absolute atomic E-state index is 5.19. The summed E-state index contributed by atoms with van der Waals surface area (Å²) in [6, 6.07) is 0. The van der Waals surface area contributed by atoms with Gasteiger partial charge in [0, 0.05) is 6.10 Å². The summed E-state index contributed by atoms with van der Waals surface area (Å²) in [6.07, 6.45) is 0.310. The van der Waals surface area contributed by atoms with Crippen LogP contribution >= 0.6 is 0 Å². The molecule has 0 aromatic rings. The Hall–Kier alpha value is 1.73. The maximum atomic E-state index is 5.19. The van der Waals surface area contributed by atoms with Crippen LogP contribution in [-0.4, -0.2) is 31.6 Å². The van der Waals surface area contributed by atoms with Crippen molar-refractivity contribution in [3.63, 3.8) is 0 Å². The quantitative estimate of drug-likeness (QED) is 0.510. The van der Waals surface area contributed by atoms with E-state index in [1.807, 2.05) is 34.5 Å². The van der Waals surface area contributed by atoms with Crippen LogP contribution in [0.25, 0.3) is 0 Å². The van der Waals surface area contributed by atoms with Gasteiger partial charge in [-0.2, -0.15) is 6.61 Å². The zero-order chi connectivity index (χ0) is 7.28. The van der Waals surface area contributed by atoms with Gasteiger partial charge in [0.1, 0.15) is 0 Å². The zero-order valence-electron chi connectivity index (χ0n) is 7.72. The van der Waals surface area contributed by atoms with Crippen molar-refractivity contribution < 1.29 is 62.9 Å². The maximum Gasteiger partial charge on any atom is 1.00 e. The Morgan fingerprint density at radius 3 is 2.20 bits per heavy atom. The fourth-order valence-corrected chi connectivity index (χ4v) is 0.385. The molecule has 0 rings (SSSR count). The smallest absolute Gasteiger partial charge is 0.549 e. The third-order valence-electron chi connectivity index (χ3n) is 0.808. The first-order valence-electron chi connectivity index (χ1n) is 3.25. The molecule has 3 heteroatoms. The molecule has 0 N–H and O–H groups in total. The van der Waals surface area contributed by atoms with E-state index < -0.39 is 0 Å². The van der Waals surface area contributed by atoms with E-state index in [2.05, 4.69) is 4.90 Å². The van der Waals surface area contributed by atoms with Gasteiger partial charge in [-0.1, -0.05) is 0 Å². The second-order valence-electron chi connectivity index (χ2n) is 2.61. The molecular formula is C7H16NORb. The molecule has 0 heterocycles. The van der Waals surface area contributed by atoms with Crippen molar-refractivity contribution in [2.75, 3.05) is 20.6 Å². The summed E-state index contributed by atoms with van der Waals surface area (Å²) in [6.45, 7) is 6.75. The van der Waals surface area contributed by atoms with Crippen molar-refractivity contribution in [1.82, 2.24) is 4.90 Å². The molecule has 0 aromatic heterocycles. The minimum atomic E-state index is 0. The predicted octanol–water partition coefficient (Wildman–Crippen LogP) is -1.86. The van der Waals surface area contributed by atoms with Gasteiger partial charge < -0.3 is 9.64 Å². The summed E-state index contributed by atoms with van der Waals surface area (Å²) < 4.78 is 5.19. The summed E-state index contributed by atoms with van der Waals surface area (Å²) in [5, 5.41) is 0. The van der Waals surface area contributed by atoms with Gasteiger partial charge in [0.25, 0.3) is 0 Å². The van der Waals surface area contributed by atoms with Gasteiger partial charge >= 0.3 is 58.2 Å². The van der Waals surface area contributed by atoms with Crippen LogP contribution in [0.1, 0.15) is 13.8 Å². The van der Waals surface area contributed by atoms with E-state index in [-0.39, 0.29) is 58.2 Å². The van der Waals surface area contributed by atoms with Crippen molar-refractivity contribution in [3.05, 3.63) is 6.61 Å². The second kappa shape index (κ2) is 8.82. The minimum absolute atomic E-state index is 0. The summed E-state index contributed by atoms with van der Waals surface area (Å²) in [5.74, 6) is 0. The van der Waals surface area contributed by atoms with E-state index in [1.165, 1.54) is 0 Å². The number of likely N-dealkylation sites (N-methyl/N-ethyl adjacent to an activating group) is 1. The Morgan fingerprint density at radius 2 is 1.90 bits per heavy atom. The normalized spacial score (nSPS) is 10.2. The first-order valence-corrected chi connectivity index (χ1v) is 3.25. The van der Waals surface area contributed by atoms with Gasteiger partial charge in [0.05, 0.1) is 0 Å². The van der Waals surface area contributed by atoms with Crippen LogP contribution in [0, 0.1) is 6.61 Å². The predicted molar refractivity (Wildman–Crippen MR) is 39.1 cm³/mol. The Morgan fingerprint density at radius 1 is 1.40 bits per heavy atom. The van der Waals surface area contributed by atoms with Crippen LogP contribution in [0.2, 0.25) is 0 Å². The van der Waals surface area contributed by atoms with Gasteiger partial charge in [-0.3, -0.25) is 0 Å². The number of rotatable bonds is 4. The fraction of sp³-hybridized carbons (Fsp3) is 0.857. The van der Waals surface area contributed by atoms with Crippen molar-refractivity contribution in [3.8, 4) is 0 Å². The Labute approximate surface area is 113 Å². The van der Waals surface area contributed by atoms with Crippen LogP contribution in [-0.2, 0) is 4.74 Å². The van der Waals surface area contributed by atoms with Gasteiger partial charge in [-0.15, -0.1) is 6.54 Å². The van der Waals surface area contributed by atoms with Crippen molar-refractivity contribution in [2.45, 2.75) is 20.0 Å². The molecule has 0 saturated heterocycles.